The summed E-state index contributed by atoms with van der Waals surface area (Å²) in [6.45, 7) is 3.62. The number of nitrogens with zero attached hydrogens (tertiary/aromatic N) is 1. The number of piperidine rings is 1. The molecule has 2 N–H and O–H groups in total. The highest BCUT2D eigenvalue weighted by molar-refractivity contribution is 7.89. The van der Waals surface area contributed by atoms with Gasteiger partial charge in [0.15, 0.2) is 0 Å². The van der Waals surface area contributed by atoms with Crippen LogP contribution in [0, 0.1) is 18.8 Å². The highest BCUT2D eigenvalue weighted by Gasteiger charge is 2.54. The van der Waals surface area contributed by atoms with E-state index in [0.29, 0.717) is 11.8 Å². The molecule has 0 radical (unpaired) electrons. The van der Waals surface area contributed by atoms with Crippen LogP contribution in [0.4, 0.5) is 0 Å². The molecular weight excluding hydrogens is 238 g/mol. The Kier molecular flexibility index (Phi) is 2.46. The molecule has 0 amide bonds. The van der Waals surface area contributed by atoms with Crippen LogP contribution >= 0.6 is 0 Å². The van der Waals surface area contributed by atoms with Crippen molar-refractivity contribution in [2.24, 2.45) is 11.8 Å². The van der Waals surface area contributed by atoms with Crippen LogP contribution in [0.5, 0.6) is 0 Å². The first-order chi connectivity index (χ1) is 8.09. The molecule has 1 aliphatic heterocycles. The topological polar surface area (TPSA) is 71.1 Å². The zero-order valence-electron chi connectivity index (χ0n) is 9.55. The van der Waals surface area contributed by atoms with E-state index in [4.69, 9.17) is 0 Å². The quantitative estimate of drug-likeness (QED) is 0.788. The second-order valence-electron chi connectivity index (χ2n) is 4.77. The molecule has 5 nitrogen and oxygen atoms in total. The van der Waals surface area contributed by atoms with E-state index in [0.717, 1.165) is 18.7 Å². The van der Waals surface area contributed by atoms with Gasteiger partial charge in [0.2, 0.25) is 10.0 Å². The van der Waals surface area contributed by atoms with Gasteiger partial charge in [-0.05, 0) is 43.5 Å². The van der Waals surface area contributed by atoms with Gasteiger partial charge in [-0.2, -0.15) is 0 Å². The van der Waals surface area contributed by atoms with Gasteiger partial charge in [0, 0.05) is 18.4 Å². The molecule has 2 fully saturated rings. The summed E-state index contributed by atoms with van der Waals surface area (Å²) in [7, 11) is -3.41. The molecule has 1 aromatic heterocycles. The largest absolute Gasteiger partial charge is 0.316 e. The Hall–Kier alpha value is -0.980. The third-order valence-corrected chi connectivity index (χ3v) is 5.25. The molecule has 3 atom stereocenters. The summed E-state index contributed by atoms with van der Waals surface area (Å²) in [5, 5.41) is 3.24. The van der Waals surface area contributed by atoms with Crippen LogP contribution in [-0.2, 0) is 10.0 Å². The molecule has 1 aliphatic carbocycles. The average molecular weight is 253 g/mol. The van der Waals surface area contributed by atoms with Gasteiger partial charge >= 0.3 is 0 Å². The first-order valence-corrected chi connectivity index (χ1v) is 7.21. The van der Waals surface area contributed by atoms with E-state index in [2.05, 4.69) is 15.0 Å². The zero-order valence-corrected chi connectivity index (χ0v) is 10.4. The Bertz CT molecular complexity index is 533. The predicted octanol–water partition coefficient (Wildman–Crippen LogP) is -0.114. The Morgan fingerprint density at radius 3 is 2.76 bits per heavy atom. The van der Waals surface area contributed by atoms with Crippen LogP contribution in [0.1, 0.15) is 5.56 Å². The Labute approximate surface area is 101 Å². The van der Waals surface area contributed by atoms with Crippen LogP contribution in [0.15, 0.2) is 23.4 Å². The second-order valence-corrected chi connectivity index (χ2v) is 6.46. The minimum Gasteiger partial charge on any atom is -0.316 e. The number of nitrogens with one attached hydrogen (secondary N) is 2. The summed E-state index contributed by atoms with van der Waals surface area (Å²) in [5.74, 6) is 0.948. The third kappa shape index (κ3) is 1.86. The lowest BCUT2D eigenvalue weighted by Crippen LogP contribution is -2.32. The maximum atomic E-state index is 12.2. The van der Waals surface area contributed by atoms with Crippen molar-refractivity contribution < 1.29 is 8.42 Å². The van der Waals surface area contributed by atoms with Gasteiger partial charge in [-0.25, -0.2) is 13.1 Å². The number of sulfonamides is 1. The van der Waals surface area contributed by atoms with Gasteiger partial charge in [-0.3, -0.25) is 4.98 Å². The van der Waals surface area contributed by atoms with Crippen LogP contribution in [0.2, 0.25) is 0 Å². The summed E-state index contributed by atoms with van der Waals surface area (Å²) >= 11 is 0. The molecule has 6 heteroatoms. The van der Waals surface area contributed by atoms with Crippen molar-refractivity contribution in [2.45, 2.75) is 17.9 Å². The summed E-state index contributed by atoms with van der Waals surface area (Å²) in [6, 6.07) is 1.82. The van der Waals surface area contributed by atoms with Crippen molar-refractivity contribution in [3.05, 3.63) is 24.0 Å². The van der Waals surface area contributed by atoms with Gasteiger partial charge in [0.25, 0.3) is 0 Å². The first kappa shape index (κ1) is 11.1. The van der Waals surface area contributed by atoms with Gasteiger partial charge in [-0.15, -0.1) is 0 Å². The molecule has 92 valence electrons. The van der Waals surface area contributed by atoms with Crippen molar-refractivity contribution in [3.8, 4) is 0 Å². The molecule has 2 aliphatic rings. The van der Waals surface area contributed by atoms with Crippen LogP contribution in [-0.4, -0.2) is 32.5 Å². The van der Waals surface area contributed by atoms with Gasteiger partial charge < -0.3 is 5.32 Å². The highest BCUT2D eigenvalue weighted by atomic mass is 32.2. The van der Waals surface area contributed by atoms with Crippen molar-refractivity contribution >= 4 is 10.0 Å². The predicted molar refractivity (Wildman–Crippen MR) is 62.9 cm³/mol. The van der Waals surface area contributed by atoms with E-state index in [1.165, 1.54) is 6.20 Å². The number of fused-ring (bicyclic) bond motifs is 1. The van der Waals surface area contributed by atoms with E-state index in [9.17, 15) is 8.42 Å². The number of aromatic nitrogens is 1. The maximum absolute atomic E-state index is 12.2. The summed E-state index contributed by atoms with van der Waals surface area (Å²) in [4.78, 5) is 4.17. The SMILES string of the molecule is Cc1ccncc1S(=O)(=O)NC1[C@H]2CNC[C@@H]12. The normalized spacial score (nSPS) is 31.2. The lowest BCUT2D eigenvalue weighted by Gasteiger charge is -2.10. The van der Waals surface area contributed by atoms with Crippen LogP contribution in [0.25, 0.3) is 0 Å². The zero-order chi connectivity index (χ0) is 12.0. The van der Waals surface area contributed by atoms with Crippen LogP contribution in [0.3, 0.4) is 0 Å². The molecule has 1 aromatic rings. The second kappa shape index (κ2) is 3.76. The van der Waals surface area contributed by atoms with Crippen molar-refractivity contribution in [3.63, 3.8) is 0 Å². The fourth-order valence-electron chi connectivity index (χ4n) is 2.57. The van der Waals surface area contributed by atoms with Gasteiger partial charge in [-0.1, -0.05) is 0 Å². The van der Waals surface area contributed by atoms with Crippen molar-refractivity contribution in [2.75, 3.05) is 13.1 Å². The molecule has 2 heterocycles. The molecule has 1 saturated heterocycles. The lowest BCUT2D eigenvalue weighted by atomic mass is 10.3. The number of rotatable bonds is 3. The van der Waals surface area contributed by atoms with E-state index >= 15 is 0 Å². The minimum atomic E-state index is -3.41. The van der Waals surface area contributed by atoms with Crippen molar-refractivity contribution in [1.82, 2.24) is 15.0 Å². The summed E-state index contributed by atoms with van der Waals surface area (Å²) < 4.78 is 27.1. The van der Waals surface area contributed by atoms with Gasteiger partial charge in [0.05, 0.1) is 0 Å². The summed E-state index contributed by atoms with van der Waals surface area (Å²) in [5.41, 5.74) is 0.733. The molecule has 1 unspecified atom stereocenters. The molecule has 0 aromatic carbocycles. The Balaban J connectivity index is 1.80. The highest BCUT2D eigenvalue weighted by Crippen LogP contribution is 2.42. The number of hydrogen-bond acceptors (Lipinski definition) is 4. The van der Waals surface area contributed by atoms with E-state index < -0.39 is 10.0 Å². The van der Waals surface area contributed by atoms with Crippen LogP contribution < -0.4 is 10.0 Å². The Morgan fingerprint density at radius 1 is 1.41 bits per heavy atom. The fourth-order valence-corrected chi connectivity index (χ4v) is 4.09. The molecular formula is C11H15N3O2S. The minimum absolute atomic E-state index is 0.112. The maximum Gasteiger partial charge on any atom is 0.242 e. The monoisotopic (exact) mass is 253 g/mol. The first-order valence-electron chi connectivity index (χ1n) is 5.73. The van der Waals surface area contributed by atoms with Crippen molar-refractivity contribution in [1.29, 1.82) is 0 Å². The molecule has 0 bridgehead atoms. The third-order valence-electron chi connectivity index (χ3n) is 3.66. The number of pyridine rings is 1. The molecule has 0 spiro atoms. The molecule has 3 rings (SSSR count). The van der Waals surface area contributed by atoms with Gasteiger partial charge in [0.1, 0.15) is 4.90 Å². The fraction of sp³-hybridized carbons (Fsp3) is 0.545. The average Bonchev–Trinajstić information content (AvgIpc) is 2.75. The number of aryl methyl sites for hydroxylation is 1. The smallest absolute Gasteiger partial charge is 0.242 e. The lowest BCUT2D eigenvalue weighted by molar-refractivity contribution is 0.564. The van der Waals surface area contributed by atoms with E-state index in [-0.39, 0.29) is 10.9 Å². The Morgan fingerprint density at radius 2 is 2.12 bits per heavy atom. The standard InChI is InChI=1S/C11H15N3O2S/c1-7-2-3-12-6-10(7)17(15,16)14-11-8-4-13-5-9(8)11/h2-3,6,8-9,11,13-14H,4-5H2,1H3/t8-,9+,11?. The van der Waals surface area contributed by atoms with E-state index in [1.807, 2.05) is 0 Å². The summed E-state index contributed by atoms with van der Waals surface area (Å²) in [6.07, 6.45) is 3.01. The number of hydrogen-bond donors (Lipinski definition) is 2. The molecule has 1 saturated carbocycles. The molecule has 17 heavy (non-hydrogen) atoms. The van der Waals surface area contributed by atoms with E-state index in [1.54, 1.807) is 19.2 Å².